The minimum absolute atomic E-state index is 0.282. The Bertz CT molecular complexity index is 521. The second-order valence-corrected chi connectivity index (χ2v) is 4.22. The summed E-state index contributed by atoms with van der Waals surface area (Å²) in [7, 11) is 0. The van der Waals surface area contributed by atoms with Crippen molar-refractivity contribution in [2.24, 2.45) is 0 Å². The van der Waals surface area contributed by atoms with Gasteiger partial charge in [0.15, 0.2) is 0 Å². The molecule has 92 valence electrons. The summed E-state index contributed by atoms with van der Waals surface area (Å²) in [5.41, 5.74) is -0.451. The fourth-order valence-corrected chi connectivity index (χ4v) is 2.25. The number of hydrogen-bond acceptors (Lipinski definition) is 4. The van der Waals surface area contributed by atoms with Gasteiger partial charge in [0.05, 0.1) is 17.2 Å². The molecule has 0 saturated heterocycles. The molecule has 2 amide bonds. The van der Waals surface area contributed by atoms with Crippen molar-refractivity contribution in [2.45, 2.75) is 32.2 Å². The van der Waals surface area contributed by atoms with Crippen LogP contribution >= 0.6 is 0 Å². The topological polar surface area (TPSA) is 74.1 Å². The maximum atomic E-state index is 12.3. The number of aromatic nitrogens is 1. The highest BCUT2D eigenvalue weighted by Crippen LogP contribution is 2.32. The summed E-state index contributed by atoms with van der Waals surface area (Å²) in [6, 6.07) is 3.63. The van der Waals surface area contributed by atoms with Gasteiger partial charge >= 0.3 is 0 Å². The summed E-state index contributed by atoms with van der Waals surface area (Å²) in [5.74, 6) is -0.823. The third-order valence-corrected chi connectivity index (χ3v) is 3.49. The van der Waals surface area contributed by atoms with E-state index in [0.717, 1.165) is 4.90 Å². The number of carbonyl (C=O) groups excluding carboxylic acids is 2. The zero-order valence-electron chi connectivity index (χ0n) is 10.3. The molecule has 0 unspecified atom stereocenters. The smallest absolute Gasteiger partial charge is 0.264 e. The first-order chi connectivity index (χ1) is 8.61. The fraction of sp³-hybridized carbons (Fsp3) is 0.385. The number of nitriles is 1. The highest BCUT2D eigenvalue weighted by molar-refractivity contribution is 6.21. The highest BCUT2D eigenvalue weighted by Gasteiger charge is 2.47. The van der Waals surface area contributed by atoms with Gasteiger partial charge in [-0.25, -0.2) is 0 Å². The van der Waals surface area contributed by atoms with E-state index in [0.29, 0.717) is 18.4 Å². The lowest BCUT2D eigenvalue weighted by atomic mass is 9.92. The second kappa shape index (κ2) is 4.22. The van der Waals surface area contributed by atoms with E-state index in [2.05, 4.69) is 11.1 Å². The van der Waals surface area contributed by atoms with Gasteiger partial charge in [-0.2, -0.15) is 5.26 Å². The minimum atomic E-state index is -1.06. The van der Waals surface area contributed by atoms with Crippen LogP contribution in [0.25, 0.3) is 0 Å². The zero-order valence-corrected chi connectivity index (χ0v) is 10.3. The zero-order chi connectivity index (χ0) is 13.3. The SMILES string of the molecule is CCC(C#N)(CC)N1C(=O)c2ccncc2C1=O. The molecule has 5 heteroatoms. The van der Waals surface area contributed by atoms with Crippen LogP contribution in [0.3, 0.4) is 0 Å². The Morgan fingerprint density at radius 3 is 2.39 bits per heavy atom. The van der Waals surface area contributed by atoms with E-state index >= 15 is 0 Å². The number of imide groups is 1. The van der Waals surface area contributed by atoms with Crippen LogP contribution in [0.15, 0.2) is 18.5 Å². The molecule has 2 rings (SSSR count). The van der Waals surface area contributed by atoms with Crippen LogP contribution in [0, 0.1) is 11.3 Å². The lowest BCUT2D eigenvalue weighted by molar-refractivity contribution is 0.0494. The lowest BCUT2D eigenvalue weighted by Gasteiger charge is -2.32. The maximum absolute atomic E-state index is 12.3. The van der Waals surface area contributed by atoms with Crippen molar-refractivity contribution in [3.8, 4) is 6.07 Å². The van der Waals surface area contributed by atoms with E-state index in [9.17, 15) is 14.9 Å². The van der Waals surface area contributed by atoms with E-state index in [1.807, 2.05) is 0 Å². The number of hydrogen-bond donors (Lipinski definition) is 0. The molecule has 1 aromatic rings. The Hall–Kier alpha value is -2.22. The van der Waals surface area contributed by atoms with Gasteiger partial charge in [0, 0.05) is 12.4 Å². The van der Waals surface area contributed by atoms with E-state index in [1.165, 1.54) is 18.5 Å². The Morgan fingerprint density at radius 1 is 1.28 bits per heavy atom. The van der Waals surface area contributed by atoms with Crippen LogP contribution in [-0.2, 0) is 0 Å². The van der Waals surface area contributed by atoms with Crippen LogP contribution in [0.1, 0.15) is 47.4 Å². The summed E-state index contributed by atoms with van der Waals surface area (Å²) in [4.78, 5) is 29.4. The third-order valence-electron chi connectivity index (χ3n) is 3.49. The molecule has 18 heavy (non-hydrogen) atoms. The van der Waals surface area contributed by atoms with Gasteiger partial charge < -0.3 is 0 Å². The van der Waals surface area contributed by atoms with Gasteiger partial charge in [0.25, 0.3) is 11.8 Å². The van der Waals surface area contributed by atoms with Crippen molar-refractivity contribution in [3.05, 3.63) is 29.6 Å². The maximum Gasteiger partial charge on any atom is 0.264 e. The summed E-state index contributed by atoms with van der Waals surface area (Å²) in [6.45, 7) is 3.60. The van der Waals surface area contributed by atoms with Crippen LogP contribution in [-0.4, -0.2) is 27.2 Å². The number of rotatable bonds is 3. The normalized spacial score (nSPS) is 14.6. The molecule has 2 heterocycles. The fourth-order valence-electron chi connectivity index (χ4n) is 2.25. The summed E-state index contributed by atoms with van der Waals surface area (Å²) in [6.07, 6.45) is 3.68. The number of amides is 2. The monoisotopic (exact) mass is 243 g/mol. The average Bonchev–Trinajstić information content (AvgIpc) is 2.67. The first-order valence-corrected chi connectivity index (χ1v) is 5.85. The van der Waals surface area contributed by atoms with E-state index < -0.39 is 17.4 Å². The number of pyridine rings is 1. The largest absolute Gasteiger partial charge is 0.269 e. The van der Waals surface area contributed by atoms with Crippen LogP contribution < -0.4 is 0 Å². The average molecular weight is 243 g/mol. The molecule has 0 spiro atoms. The Kier molecular flexibility index (Phi) is 2.87. The van der Waals surface area contributed by atoms with Gasteiger partial charge in [-0.1, -0.05) is 13.8 Å². The van der Waals surface area contributed by atoms with Crippen LogP contribution in [0.5, 0.6) is 0 Å². The van der Waals surface area contributed by atoms with Crippen molar-refractivity contribution < 1.29 is 9.59 Å². The van der Waals surface area contributed by atoms with Crippen LogP contribution in [0.4, 0.5) is 0 Å². The molecule has 0 aliphatic carbocycles. The minimum Gasteiger partial charge on any atom is -0.269 e. The number of nitrogens with zero attached hydrogens (tertiary/aromatic N) is 3. The molecule has 0 radical (unpaired) electrons. The van der Waals surface area contributed by atoms with Gasteiger partial charge in [0.2, 0.25) is 0 Å². The van der Waals surface area contributed by atoms with Gasteiger partial charge in [-0.05, 0) is 18.9 Å². The number of carbonyl (C=O) groups is 2. The molecule has 0 bridgehead atoms. The molecule has 0 saturated carbocycles. The van der Waals surface area contributed by atoms with E-state index in [1.54, 1.807) is 13.8 Å². The molecule has 0 atom stereocenters. The molecule has 5 nitrogen and oxygen atoms in total. The molecule has 0 aromatic carbocycles. The third kappa shape index (κ3) is 1.42. The molecule has 1 aliphatic rings. The van der Waals surface area contributed by atoms with E-state index in [4.69, 9.17) is 0 Å². The molecule has 0 N–H and O–H groups in total. The van der Waals surface area contributed by atoms with Crippen LogP contribution in [0.2, 0.25) is 0 Å². The Balaban J connectivity index is 2.55. The Morgan fingerprint density at radius 2 is 1.89 bits per heavy atom. The van der Waals surface area contributed by atoms with Crippen molar-refractivity contribution in [1.82, 2.24) is 9.88 Å². The quantitative estimate of drug-likeness (QED) is 0.758. The molecule has 1 aliphatic heterocycles. The number of fused-ring (bicyclic) bond motifs is 1. The predicted molar refractivity (Wildman–Crippen MR) is 63.7 cm³/mol. The van der Waals surface area contributed by atoms with Gasteiger partial charge in [-0.3, -0.25) is 19.5 Å². The summed E-state index contributed by atoms with van der Waals surface area (Å²) in [5, 5.41) is 9.34. The first kappa shape index (κ1) is 12.2. The lowest BCUT2D eigenvalue weighted by Crippen LogP contribution is -2.50. The van der Waals surface area contributed by atoms with Gasteiger partial charge in [0.1, 0.15) is 5.54 Å². The van der Waals surface area contributed by atoms with Crippen molar-refractivity contribution >= 4 is 11.8 Å². The highest BCUT2D eigenvalue weighted by atomic mass is 16.2. The first-order valence-electron chi connectivity index (χ1n) is 5.85. The standard InChI is InChI=1S/C13H13N3O2/c1-3-13(4-2,8-14)16-11(17)9-5-6-15-7-10(9)12(16)18/h5-7H,3-4H2,1-2H3. The van der Waals surface area contributed by atoms with E-state index in [-0.39, 0.29) is 5.56 Å². The second-order valence-electron chi connectivity index (χ2n) is 4.22. The predicted octanol–water partition coefficient (Wildman–Crippen LogP) is 1.76. The van der Waals surface area contributed by atoms with Crippen molar-refractivity contribution in [3.63, 3.8) is 0 Å². The summed E-state index contributed by atoms with van der Waals surface area (Å²) < 4.78 is 0. The molecular weight excluding hydrogens is 230 g/mol. The van der Waals surface area contributed by atoms with Crippen molar-refractivity contribution in [2.75, 3.05) is 0 Å². The molecule has 0 fully saturated rings. The van der Waals surface area contributed by atoms with Gasteiger partial charge in [-0.15, -0.1) is 0 Å². The Labute approximate surface area is 105 Å². The molecular formula is C13H13N3O2. The summed E-state index contributed by atoms with van der Waals surface area (Å²) >= 11 is 0. The molecule has 1 aromatic heterocycles. The van der Waals surface area contributed by atoms with Crippen molar-refractivity contribution in [1.29, 1.82) is 5.26 Å².